The Kier molecular flexibility index (Phi) is 3.47. The van der Waals surface area contributed by atoms with Gasteiger partial charge < -0.3 is 0 Å². The Morgan fingerprint density at radius 2 is 1.30 bits per heavy atom. The Balaban J connectivity index is 2.11. The van der Waals surface area contributed by atoms with Crippen LogP contribution in [0.25, 0.3) is 0 Å². The largest absolute Gasteiger partial charge is 0.0593 e. The number of rotatable bonds is 1. The van der Waals surface area contributed by atoms with Crippen LogP contribution in [0, 0.1) is 26.2 Å². The first kappa shape index (κ1) is 14.2. The van der Waals surface area contributed by atoms with E-state index >= 15 is 0 Å². The maximum absolute atomic E-state index is 2.43. The zero-order chi connectivity index (χ0) is 14.5. The van der Waals surface area contributed by atoms with Crippen molar-refractivity contribution in [3.63, 3.8) is 0 Å². The molecule has 0 atom stereocenters. The molecule has 20 heavy (non-hydrogen) atoms. The smallest absolute Gasteiger partial charge is 0.0157 e. The lowest BCUT2D eigenvalue weighted by molar-refractivity contribution is 0.391. The Bertz CT molecular complexity index is 528. The molecule has 0 saturated heterocycles. The molecule has 1 aromatic rings. The average molecular weight is 270 g/mol. The number of fused-ring (bicyclic) bond motifs is 1. The van der Waals surface area contributed by atoms with Crippen LogP contribution in [0.1, 0.15) is 85.3 Å². The Hall–Kier alpha value is -0.780. The molecular weight excluding hydrogens is 240 g/mol. The van der Waals surface area contributed by atoms with Gasteiger partial charge in [0.2, 0.25) is 0 Å². The van der Waals surface area contributed by atoms with Gasteiger partial charge in [0.1, 0.15) is 0 Å². The molecule has 0 heterocycles. The molecule has 3 rings (SSSR count). The summed E-state index contributed by atoms with van der Waals surface area (Å²) in [5.41, 5.74) is 10.5. The Morgan fingerprint density at radius 3 is 1.90 bits per heavy atom. The minimum Gasteiger partial charge on any atom is -0.0593 e. The summed E-state index contributed by atoms with van der Waals surface area (Å²) in [7, 11) is 0. The van der Waals surface area contributed by atoms with E-state index in [1.165, 1.54) is 44.9 Å². The molecular formula is C20H30. The first-order chi connectivity index (χ1) is 9.41. The predicted octanol–water partition coefficient (Wildman–Crippen LogP) is 5.78. The molecule has 2 aliphatic rings. The van der Waals surface area contributed by atoms with Crippen molar-refractivity contribution in [2.24, 2.45) is 5.41 Å². The first-order valence-corrected chi connectivity index (χ1v) is 8.52. The summed E-state index contributed by atoms with van der Waals surface area (Å²) in [4.78, 5) is 0. The highest BCUT2D eigenvalue weighted by atomic mass is 14.4. The molecule has 2 aliphatic carbocycles. The summed E-state index contributed by atoms with van der Waals surface area (Å²) in [5.74, 6) is 0.844. The van der Waals surface area contributed by atoms with Gasteiger partial charge in [0.15, 0.2) is 0 Å². The third-order valence-corrected chi connectivity index (χ3v) is 5.96. The second-order valence-electron chi connectivity index (χ2n) is 8.10. The third kappa shape index (κ3) is 2.22. The van der Waals surface area contributed by atoms with E-state index in [1.807, 2.05) is 0 Å². The maximum atomic E-state index is 2.43. The second-order valence-corrected chi connectivity index (χ2v) is 8.10. The number of benzene rings is 1. The highest BCUT2D eigenvalue weighted by molar-refractivity contribution is 5.54. The van der Waals surface area contributed by atoms with Crippen LogP contribution in [0.2, 0.25) is 0 Å². The molecule has 1 fully saturated rings. The van der Waals surface area contributed by atoms with Crippen LogP contribution in [-0.4, -0.2) is 0 Å². The maximum Gasteiger partial charge on any atom is -0.0157 e. The van der Waals surface area contributed by atoms with E-state index in [0.29, 0.717) is 5.41 Å². The summed E-state index contributed by atoms with van der Waals surface area (Å²) in [6.45, 7) is 12.0. The molecule has 0 bridgehead atoms. The highest BCUT2D eigenvalue weighted by Crippen LogP contribution is 2.45. The normalized spacial score (nSPS) is 22.1. The summed E-state index contributed by atoms with van der Waals surface area (Å²) < 4.78 is 0. The van der Waals surface area contributed by atoms with Gasteiger partial charge in [-0.05, 0) is 91.2 Å². The number of hydrogen-bond acceptors (Lipinski definition) is 0. The van der Waals surface area contributed by atoms with Gasteiger partial charge in [-0.1, -0.05) is 33.1 Å². The fourth-order valence-corrected chi connectivity index (χ4v) is 4.83. The molecule has 1 aromatic carbocycles. The summed E-state index contributed by atoms with van der Waals surface area (Å²) >= 11 is 0. The van der Waals surface area contributed by atoms with Crippen LogP contribution in [0.15, 0.2) is 0 Å². The molecule has 110 valence electrons. The molecule has 0 amide bonds. The van der Waals surface area contributed by atoms with Crippen LogP contribution in [-0.2, 0) is 12.8 Å². The molecule has 0 heteroatoms. The van der Waals surface area contributed by atoms with Crippen molar-refractivity contribution >= 4 is 0 Å². The highest BCUT2D eigenvalue weighted by Gasteiger charge is 2.33. The zero-order valence-corrected chi connectivity index (χ0v) is 14.0. The van der Waals surface area contributed by atoms with Crippen molar-refractivity contribution in [3.05, 3.63) is 33.4 Å². The molecule has 0 aliphatic heterocycles. The fourth-order valence-electron chi connectivity index (χ4n) is 4.83. The quantitative estimate of drug-likeness (QED) is 0.606. The lowest BCUT2D eigenvalue weighted by Gasteiger charge is -2.28. The van der Waals surface area contributed by atoms with Crippen LogP contribution in [0.3, 0.4) is 0 Å². The van der Waals surface area contributed by atoms with Crippen LogP contribution in [0.5, 0.6) is 0 Å². The molecule has 0 spiro atoms. The molecule has 0 nitrogen and oxygen atoms in total. The van der Waals surface area contributed by atoms with Crippen molar-refractivity contribution in [2.75, 3.05) is 0 Å². The second kappa shape index (κ2) is 4.90. The van der Waals surface area contributed by atoms with Gasteiger partial charge in [-0.3, -0.25) is 0 Å². The molecule has 0 unspecified atom stereocenters. The summed E-state index contributed by atoms with van der Waals surface area (Å²) in [5, 5.41) is 0. The van der Waals surface area contributed by atoms with E-state index in [9.17, 15) is 0 Å². The zero-order valence-electron chi connectivity index (χ0n) is 14.0. The molecule has 0 aromatic heterocycles. The van der Waals surface area contributed by atoms with E-state index in [1.54, 1.807) is 33.4 Å². The van der Waals surface area contributed by atoms with Gasteiger partial charge in [-0.15, -0.1) is 0 Å². The summed E-state index contributed by atoms with van der Waals surface area (Å²) in [6.07, 6.45) is 9.73. The molecule has 0 radical (unpaired) electrons. The van der Waals surface area contributed by atoms with Gasteiger partial charge in [0.05, 0.1) is 0 Å². The average Bonchev–Trinajstić information content (AvgIpc) is 2.74. The Labute approximate surface area is 125 Å². The van der Waals surface area contributed by atoms with Gasteiger partial charge in [-0.2, -0.15) is 0 Å². The fraction of sp³-hybridized carbons (Fsp3) is 0.700. The predicted molar refractivity (Wildman–Crippen MR) is 87.7 cm³/mol. The Morgan fingerprint density at radius 1 is 0.750 bits per heavy atom. The monoisotopic (exact) mass is 270 g/mol. The van der Waals surface area contributed by atoms with Crippen molar-refractivity contribution < 1.29 is 0 Å². The minimum atomic E-state index is 0.468. The topological polar surface area (TPSA) is 0 Å². The van der Waals surface area contributed by atoms with Crippen LogP contribution >= 0.6 is 0 Å². The first-order valence-electron chi connectivity index (χ1n) is 8.52. The molecule has 0 N–H and O–H groups in total. The molecule has 1 saturated carbocycles. The van der Waals surface area contributed by atoms with Crippen molar-refractivity contribution in [1.82, 2.24) is 0 Å². The van der Waals surface area contributed by atoms with Gasteiger partial charge in [0.25, 0.3) is 0 Å². The van der Waals surface area contributed by atoms with E-state index in [2.05, 4.69) is 34.6 Å². The van der Waals surface area contributed by atoms with Crippen molar-refractivity contribution in [1.29, 1.82) is 0 Å². The third-order valence-electron chi connectivity index (χ3n) is 5.96. The minimum absolute atomic E-state index is 0.468. The van der Waals surface area contributed by atoms with Crippen molar-refractivity contribution in [3.8, 4) is 0 Å². The van der Waals surface area contributed by atoms with Gasteiger partial charge in [-0.25, -0.2) is 0 Å². The van der Waals surface area contributed by atoms with E-state index in [4.69, 9.17) is 0 Å². The SMILES string of the molecule is Cc1c(C)c(C2CCCCC2)c(C)c2c1CC(C)(C)C2. The van der Waals surface area contributed by atoms with E-state index < -0.39 is 0 Å². The van der Waals surface area contributed by atoms with E-state index in [0.717, 1.165) is 5.92 Å². The summed E-state index contributed by atoms with van der Waals surface area (Å²) in [6, 6.07) is 0. The van der Waals surface area contributed by atoms with Crippen LogP contribution in [0.4, 0.5) is 0 Å². The van der Waals surface area contributed by atoms with Gasteiger partial charge in [0, 0.05) is 0 Å². The van der Waals surface area contributed by atoms with Crippen LogP contribution < -0.4 is 0 Å². The van der Waals surface area contributed by atoms with Crippen molar-refractivity contribution in [2.45, 2.75) is 85.5 Å². The number of hydrogen-bond donors (Lipinski definition) is 0. The van der Waals surface area contributed by atoms with E-state index in [-0.39, 0.29) is 0 Å². The van der Waals surface area contributed by atoms with Gasteiger partial charge >= 0.3 is 0 Å². The standard InChI is InChI=1S/C20H30/c1-13-14(2)19(16-9-7-6-8-10-16)15(3)18-12-20(4,5)11-17(13)18/h16H,6-12H2,1-5H3. The lowest BCUT2D eigenvalue weighted by atomic mass is 9.77. The lowest BCUT2D eigenvalue weighted by Crippen LogP contribution is -2.11.